The smallest absolute Gasteiger partial charge is 0.315 e. The third kappa shape index (κ3) is 3.86. The molecule has 3 aromatic rings. The van der Waals surface area contributed by atoms with E-state index in [0.29, 0.717) is 30.9 Å². The van der Waals surface area contributed by atoms with Crippen molar-refractivity contribution in [3.05, 3.63) is 77.5 Å². The van der Waals surface area contributed by atoms with E-state index in [1.165, 1.54) is 0 Å². The van der Waals surface area contributed by atoms with Gasteiger partial charge in [-0.15, -0.1) is 0 Å². The largest absolute Gasteiger partial charge is 0.456 e. The maximum absolute atomic E-state index is 13.8. The van der Waals surface area contributed by atoms with E-state index in [1.54, 1.807) is 0 Å². The van der Waals surface area contributed by atoms with E-state index < -0.39 is 21.9 Å². The Kier molecular flexibility index (Phi) is 4.97. The molecular formula is C21H21FN4O5. The molecule has 3 heterocycles. The van der Waals surface area contributed by atoms with Gasteiger partial charge in [-0.2, -0.15) is 0 Å². The molecule has 0 spiro atoms. The Morgan fingerprint density at radius 2 is 2.06 bits per heavy atom. The number of rotatable bonds is 3. The van der Waals surface area contributed by atoms with Gasteiger partial charge in [0.05, 0.1) is 33.9 Å². The van der Waals surface area contributed by atoms with Crippen LogP contribution in [0.3, 0.4) is 0 Å². The number of halogens is 1. The lowest BCUT2D eigenvalue weighted by atomic mass is 9.95. The zero-order chi connectivity index (χ0) is 22.5. The van der Waals surface area contributed by atoms with E-state index >= 15 is 0 Å². The first kappa shape index (κ1) is 20.9. The van der Waals surface area contributed by atoms with Crippen LogP contribution in [0.15, 0.2) is 32.4 Å². The fourth-order valence-electron chi connectivity index (χ4n) is 3.69. The van der Waals surface area contributed by atoms with Crippen LogP contribution in [0.1, 0.15) is 43.4 Å². The van der Waals surface area contributed by atoms with Gasteiger partial charge in [0.15, 0.2) is 5.43 Å². The van der Waals surface area contributed by atoms with Gasteiger partial charge in [-0.3, -0.25) is 24.6 Å². The molecule has 0 bridgehead atoms. The van der Waals surface area contributed by atoms with Crippen LogP contribution in [0.25, 0.3) is 11.0 Å². The molecule has 9 nitrogen and oxygen atoms in total. The van der Waals surface area contributed by atoms with E-state index in [0.717, 1.165) is 24.1 Å². The quantitative estimate of drug-likeness (QED) is 0.503. The van der Waals surface area contributed by atoms with Gasteiger partial charge in [0.25, 0.3) is 5.56 Å². The van der Waals surface area contributed by atoms with E-state index in [-0.39, 0.29) is 34.1 Å². The first-order chi connectivity index (χ1) is 14.5. The average Bonchev–Trinajstić information content (AvgIpc) is 2.69. The lowest BCUT2D eigenvalue weighted by Gasteiger charge is -2.28. The Labute approximate surface area is 175 Å². The molecule has 1 aromatic carbocycles. The Morgan fingerprint density at radius 3 is 2.74 bits per heavy atom. The van der Waals surface area contributed by atoms with Crippen LogP contribution in [-0.2, 0) is 24.9 Å². The predicted molar refractivity (Wildman–Crippen MR) is 110 cm³/mol. The third-order valence-corrected chi connectivity index (χ3v) is 5.34. The van der Waals surface area contributed by atoms with Crippen LogP contribution in [0, 0.1) is 15.9 Å². The van der Waals surface area contributed by atoms with Crippen LogP contribution in [0.2, 0.25) is 0 Å². The summed E-state index contributed by atoms with van der Waals surface area (Å²) in [7, 11) is 0. The van der Waals surface area contributed by atoms with Gasteiger partial charge in [0.1, 0.15) is 11.6 Å². The Balaban J connectivity index is 1.66. The fourth-order valence-corrected chi connectivity index (χ4v) is 3.69. The second-order valence-electron chi connectivity index (χ2n) is 8.70. The van der Waals surface area contributed by atoms with Crippen molar-refractivity contribution in [2.45, 2.75) is 45.7 Å². The number of benzene rings is 1. The van der Waals surface area contributed by atoms with Gasteiger partial charge in [-0.05, 0) is 6.07 Å². The number of nitrogens with one attached hydrogen (secondary N) is 1. The number of hydrogen-bond acceptors (Lipinski definition) is 7. The fraction of sp³-hybridized carbons (Fsp3) is 0.381. The first-order valence-corrected chi connectivity index (χ1v) is 9.78. The number of nitrogens with zero attached hydrogens (tertiary/aromatic N) is 3. The lowest BCUT2D eigenvalue weighted by Crippen LogP contribution is -2.37. The van der Waals surface area contributed by atoms with Crippen LogP contribution in [-0.4, -0.2) is 26.3 Å². The molecular weight excluding hydrogens is 407 g/mol. The highest BCUT2D eigenvalue weighted by Crippen LogP contribution is 2.26. The zero-order valence-electron chi connectivity index (χ0n) is 17.3. The van der Waals surface area contributed by atoms with Crippen molar-refractivity contribution >= 4 is 16.7 Å². The maximum Gasteiger partial charge on any atom is 0.315 e. The molecule has 1 aliphatic heterocycles. The highest BCUT2D eigenvalue weighted by Gasteiger charge is 2.26. The number of aromatic nitrogens is 2. The molecule has 0 saturated carbocycles. The Bertz CT molecular complexity index is 1320. The summed E-state index contributed by atoms with van der Waals surface area (Å²) in [6.07, 6.45) is 1.71. The normalized spacial score (nSPS) is 14.6. The molecule has 1 aliphatic rings. The van der Waals surface area contributed by atoms with E-state index in [1.807, 2.05) is 25.7 Å². The van der Waals surface area contributed by atoms with Crippen LogP contribution >= 0.6 is 0 Å². The number of fused-ring (bicyclic) bond motifs is 2. The lowest BCUT2D eigenvalue weighted by molar-refractivity contribution is -0.383. The van der Waals surface area contributed by atoms with Crippen LogP contribution < -0.4 is 11.0 Å². The Morgan fingerprint density at radius 1 is 1.32 bits per heavy atom. The number of nitro benzene ring substituents is 1. The topological polar surface area (TPSA) is 122 Å². The highest BCUT2D eigenvalue weighted by atomic mass is 19.1. The summed E-state index contributed by atoms with van der Waals surface area (Å²) in [4.78, 5) is 45.1. The van der Waals surface area contributed by atoms with Crippen molar-refractivity contribution in [3.63, 3.8) is 0 Å². The van der Waals surface area contributed by atoms with Crippen molar-refractivity contribution in [2.75, 3.05) is 6.54 Å². The molecule has 10 heteroatoms. The molecule has 0 unspecified atom stereocenters. The summed E-state index contributed by atoms with van der Waals surface area (Å²) in [5.41, 5.74) is -0.372. The summed E-state index contributed by atoms with van der Waals surface area (Å²) in [5, 5.41) is 11.0. The van der Waals surface area contributed by atoms with E-state index in [9.17, 15) is 24.1 Å². The number of H-pyrrole nitrogens is 1. The minimum atomic E-state index is -0.886. The number of nitro groups is 1. The number of hydrogen-bond donors (Lipinski definition) is 1. The van der Waals surface area contributed by atoms with Crippen molar-refractivity contribution in [1.29, 1.82) is 0 Å². The standard InChI is InChI=1S/C21H21FN4O5/c1-21(2,3)20-23-15-4-5-25(9-14(15)19(28)24-20)8-11-10-31-18-13(17(11)27)6-12(22)7-16(18)26(29)30/h6-7,10H,4-5,8-9H2,1-3H3,(H,23,24,28). The minimum absolute atomic E-state index is 0.155. The molecule has 2 aromatic heterocycles. The van der Waals surface area contributed by atoms with Crippen LogP contribution in [0.5, 0.6) is 0 Å². The average molecular weight is 428 g/mol. The van der Waals surface area contributed by atoms with E-state index in [4.69, 9.17) is 4.42 Å². The van der Waals surface area contributed by atoms with Crippen molar-refractivity contribution in [3.8, 4) is 0 Å². The van der Waals surface area contributed by atoms with Gasteiger partial charge in [-0.25, -0.2) is 9.37 Å². The van der Waals surface area contributed by atoms with Gasteiger partial charge < -0.3 is 9.40 Å². The van der Waals surface area contributed by atoms with Crippen molar-refractivity contribution < 1.29 is 13.7 Å². The summed E-state index contributed by atoms with van der Waals surface area (Å²) in [6, 6.07) is 1.66. The summed E-state index contributed by atoms with van der Waals surface area (Å²) in [6.45, 7) is 6.93. The molecule has 162 valence electrons. The van der Waals surface area contributed by atoms with Gasteiger partial charge >= 0.3 is 5.69 Å². The first-order valence-electron chi connectivity index (χ1n) is 9.78. The van der Waals surface area contributed by atoms with Crippen LogP contribution in [0.4, 0.5) is 10.1 Å². The van der Waals surface area contributed by atoms with Gasteiger partial charge in [-0.1, -0.05) is 20.8 Å². The molecule has 31 heavy (non-hydrogen) atoms. The van der Waals surface area contributed by atoms with Crippen molar-refractivity contribution in [2.24, 2.45) is 0 Å². The maximum atomic E-state index is 13.8. The highest BCUT2D eigenvalue weighted by molar-refractivity contribution is 5.85. The number of non-ortho nitro benzene ring substituents is 1. The second kappa shape index (κ2) is 7.38. The second-order valence-corrected chi connectivity index (χ2v) is 8.70. The molecule has 0 radical (unpaired) electrons. The van der Waals surface area contributed by atoms with Crippen molar-refractivity contribution in [1.82, 2.24) is 14.9 Å². The molecule has 0 aliphatic carbocycles. The van der Waals surface area contributed by atoms with Gasteiger partial charge in [0, 0.05) is 37.0 Å². The summed E-state index contributed by atoms with van der Waals surface area (Å²) in [5.74, 6) is -0.258. The molecule has 1 N–H and O–H groups in total. The molecule has 0 saturated heterocycles. The Hall–Kier alpha value is -3.40. The predicted octanol–water partition coefficient (Wildman–Crippen LogP) is 2.78. The third-order valence-electron chi connectivity index (χ3n) is 5.34. The summed E-state index contributed by atoms with van der Waals surface area (Å²) >= 11 is 0. The number of aromatic amines is 1. The summed E-state index contributed by atoms with van der Waals surface area (Å²) < 4.78 is 19.2. The molecule has 0 fully saturated rings. The molecule has 4 rings (SSSR count). The molecule has 0 amide bonds. The zero-order valence-corrected chi connectivity index (χ0v) is 17.3. The van der Waals surface area contributed by atoms with E-state index in [2.05, 4.69) is 9.97 Å². The van der Waals surface area contributed by atoms with Gasteiger partial charge in [0.2, 0.25) is 5.58 Å². The minimum Gasteiger partial charge on any atom is -0.456 e. The monoisotopic (exact) mass is 428 g/mol. The SMILES string of the molecule is CC(C)(C)c1nc2c(c(=O)[nH]1)CN(Cc1coc3c([N+](=O)[O-])cc(F)cc3c1=O)CC2. The molecule has 0 atom stereocenters.